The van der Waals surface area contributed by atoms with E-state index in [1.165, 1.54) is 12.7 Å². The molecule has 0 amide bonds. The van der Waals surface area contributed by atoms with Crippen LogP contribution in [-0.2, 0) is 0 Å². The summed E-state index contributed by atoms with van der Waals surface area (Å²) in [6, 6.07) is 0. The first-order chi connectivity index (χ1) is 5.14. The number of nitrogens with zero attached hydrogens (tertiary/aromatic N) is 2. The highest BCUT2D eigenvalue weighted by Gasteiger charge is 1.83. The maximum Gasteiger partial charge on any atom is 0.180 e. The zero-order valence-electron chi connectivity index (χ0n) is 6.39. The summed E-state index contributed by atoms with van der Waals surface area (Å²) in [6.45, 7) is 0. The molecule has 0 atom stereocenters. The second-order valence-electron chi connectivity index (χ2n) is 1.85. The van der Waals surface area contributed by atoms with E-state index in [1.54, 1.807) is 11.1 Å². The van der Waals surface area contributed by atoms with Gasteiger partial charge in [-0.3, -0.25) is 0 Å². The zero-order chi connectivity index (χ0) is 8.69. The summed E-state index contributed by atoms with van der Waals surface area (Å²) in [5.41, 5.74) is 0. The van der Waals surface area contributed by atoms with E-state index in [1.807, 2.05) is 14.1 Å². The van der Waals surface area contributed by atoms with E-state index in [-0.39, 0.29) is 0 Å². The first-order valence-electron chi connectivity index (χ1n) is 2.87. The SMILES string of the molecule is CN(C)C(=S)S.c1cocn1. The van der Waals surface area contributed by atoms with Crippen LogP contribution in [0.15, 0.2) is 23.3 Å². The van der Waals surface area contributed by atoms with Crippen molar-refractivity contribution < 1.29 is 4.42 Å². The molecule has 3 nitrogen and oxygen atoms in total. The molecule has 1 rings (SSSR count). The van der Waals surface area contributed by atoms with Crippen LogP contribution in [0, 0.1) is 0 Å². The van der Waals surface area contributed by atoms with Crippen molar-refractivity contribution in [3.8, 4) is 0 Å². The van der Waals surface area contributed by atoms with Crippen LogP contribution in [-0.4, -0.2) is 28.3 Å². The van der Waals surface area contributed by atoms with Gasteiger partial charge in [0.05, 0.1) is 6.20 Å². The van der Waals surface area contributed by atoms with E-state index in [2.05, 4.69) is 34.2 Å². The van der Waals surface area contributed by atoms with E-state index >= 15 is 0 Å². The predicted octanol–water partition coefficient (Wildman–Crippen LogP) is 1.44. The maximum absolute atomic E-state index is 4.61. The molecule has 0 aromatic carbocycles. The van der Waals surface area contributed by atoms with Gasteiger partial charge in [-0.2, -0.15) is 0 Å². The fourth-order valence-corrected chi connectivity index (χ4v) is 0.176. The Labute approximate surface area is 76.8 Å². The predicted molar refractivity (Wildman–Crippen MR) is 51.8 cm³/mol. The number of hydrogen-bond donors (Lipinski definition) is 1. The molecule has 62 valence electrons. The highest BCUT2D eigenvalue weighted by Crippen LogP contribution is 1.84. The van der Waals surface area contributed by atoms with Crippen LogP contribution in [0.1, 0.15) is 0 Å². The van der Waals surface area contributed by atoms with E-state index in [0.29, 0.717) is 4.32 Å². The fraction of sp³-hybridized carbons (Fsp3) is 0.333. The number of aromatic nitrogens is 1. The average molecular weight is 190 g/mol. The van der Waals surface area contributed by atoms with Crippen molar-refractivity contribution in [3.05, 3.63) is 18.9 Å². The number of thiocarbonyl (C=S) groups is 1. The molecule has 0 aliphatic carbocycles. The van der Waals surface area contributed by atoms with Crippen molar-refractivity contribution in [1.29, 1.82) is 0 Å². The molecule has 0 N–H and O–H groups in total. The van der Waals surface area contributed by atoms with Crippen LogP contribution >= 0.6 is 24.8 Å². The minimum atomic E-state index is 0.620. The summed E-state index contributed by atoms with van der Waals surface area (Å²) < 4.78 is 5.09. The third-order valence-electron chi connectivity index (χ3n) is 0.730. The van der Waals surface area contributed by atoms with Crippen molar-refractivity contribution in [2.75, 3.05) is 14.1 Å². The molecule has 0 saturated heterocycles. The highest BCUT2D eigenvalue weighted by molar-refractivity contribution is 8.10. The molecular weight excluding hydrogens is 180 g/mol. The molecule has 0 radical (unpaired) electrons. The Morgan fingerprint density at radius 1 is 1.64 bits per heavy atom. The normalized spacial score (nSPS) is 7.91. The van der Waals surface area contributed by atoms with Gasteiger partial charge in [0.1, 0.15) is 10.6 Å². The maximum atomic E-state index is 4.61. The van der Waals surface area contributed by atoms with Crippen LogP contribution in [0.3, 0.4) is 0 Å². The van der Waals surface area contributed by atoms with Gasteiger partial charge < -0.3 is 9.32 Å². The van der Waals surface area contributed by atoms with Crippen molar-refractivity contribution >= 4 is 29.2 Å². The van der Waals surface area contributed by atoms with Crippen molar-refractivity contribution in [3.63, 3.8) is 0 Å². The molecule has 0 fully saturated rings. The van der Waals surface area contributed by atoms with Gasteiger partial charge in [-0.25, -0.2) is 4.98 Å². The lowest BCUT2D eigenvalue weighted by molar-refractivity contribution is 0.558. The van der Waals surface area contributed by atoms with Gasteiger partial charge in [-0.1, -0.05) is 12.2 Å². The summed E-state index contributed by atoms with van der Waals surface area (Å²) >= 11 is 8.46. The lowest BCUT2D eigenvalue weighted by Gasteiger charge is -2.05. The number of hydrogen-bond acceptors (Lipinski definition) is 3. The summed E-state index contributed by atoms with van der Waals surface area (Å²) in [4.78, 5) is 5.32. The minimum Gasteiger partial charge on any atom is -0.452 e. The molecule has 5 heteroatoms. The lowest BCUT2D eigenvalue weighted by atomic mass is 11.0. The van der Waals surface area contributed by atoms with Crippen molar-refractivity contribution in [1.82, 2.24) is 9.88 Å². The van der Waals surface area contributed by atoms with Gasteiger partial charge in [0.25, 0.3) is 0 Å². The number of oxazole rings is 1. The molecule has 0 aliphatic rings. The van der Waals surface area contributed by atoms with Crippen LogP contribution in [0.5, 0.6) is 0 Å². The van der Waals surface area contributed by atoms with Crippen LogP contribution in [0.25, 0.3) is 0 Å². The number of thiol groups is 1. The Hall–Kier alpha value is -0.550. The fourth-order valence-electron chi connectivity index (χ4n) is 0.176. The van der Waals surface area contributed by atoms with E-state index < -0.39 is 0 Å². The Balaban J connectivity index is 0.000000183. The van der Waals surface area contributed by atoms with Crippen molar-refractivity contribution in [2.24, 2.45) is 0 Å². The molecule has 1 aromatic rings. The Morgan fingerprint density at radius 3 is 2.27 bits per heavy atom. The summed E-state index contributed by atoms with van der Waals surface area (Å²) in [5, 5.41) is 0. The Morgan fingerprint density at radius 2 is 2.18 bits per heavy atom. The minimum absolute atomic E-state index is 0.620. The third kappa shape index (κ3) is 7.35. The van der Waals surface area contributed by atoms with Gasteiger partial charge in [0, 0.05) is 14.1 Å². The van der Waals surface area contributed by atoms with E-state index in [4.69, 9.17) is 0 Å². The highest BCUT2D eigenvalue weighted by atomic mass is 32.1. The molecule has 0 spiro atoms. The number of rotatable bonds is 0. The van der Waals surface area contributed by atoms with Crippen LogP contribution in [0.4, 0.5) is 0 Å². The summed E-state index contributed by atoms with van der Waals surface area (Å²) in [6.07, 6.45) is 4.47. The standard InChI is InChI=1S/C3H3NO.C3H7NS2/c1-2-5-3-4-1;1-4(2)3(5)6/h1-3H;1-2H3,(H,5,6). The Kier molecular flexibility index (Phi) is 5.87. The van der Waals surface area contributed by atoms with Gasteiger partial charge in [0.2, 0.25) is 0 Å². The van der Waals surface area contributed by atoms with Gasteiger partial charge in [0.15, 0.2) is 6.39 Å². The molecule has 0 saturated carbocycles. The van der Waals surface area contributed by atoms with Crippen molar-refractivity contribution in [2.45, 2.75) is 0 Å². The van der Waals surface area contributed by atoms with Gasteiger partial charge >= 0.3 is 0 Å². The second kappa shape index (κ2) is 6.18. The lowest BCUT2D eigenvalue weighted by Crippen LogP contribution is -2.12. The quantitative estimate of drug-likeness (QED) is 0.495. The van der Waals surface area contributed by atoms with E-state index in [0.717, 1.165) is 0 Å². The topological polar surface area (TPSA) is 29.3 Å². The van der Waals surface area contributed by atoms with Crippen LogP contribution < -0.4 is 0 Å². The van der Waals surface area contributed by atoms with Crippen LogP contribution in [0.2, 0.25) is 0 Å². The smallest absolute Gasteiger partial charge is 0.180 e. The summed E-state index contributed by atoms with van der Waals surface area (Å²) in [5.74, 6) is 0. The first kappa shape index (κ1) is 10.4. The molecular formula is C6H10N2OS2. The second-order valence-corrected chi connectivity index (χ2v) is 2.97. The first-order valence-corrected chi connectivity index (χ1v) is 3.72. The molecule has 0 bridgehead atoms. The third-order valence-corrected chi connectivity index (χ3v) is 1.49. The van der Waals surface area contributed by atoms with Gasteiger partial charge in [-0.05, 0) is 0 Å². The Bertz CT molecular complexity index is 169. The monoisotopic (exact) mass is 190 g/mol. The molecule has 1 aromatic heterocycles. The molecule has 11 heavy (non-hydrogen) atoms. The summed E-state index contributed by atoms with van der Waals surface area (Å²) in [7, 11) is 3.71. The molecule has 0 unspecified atom stereocenters. The van der Waals surface area contributed by atoms with Gasteiger partial charge in [-0.15, -0.1) is 12.6 Å². The zero-order valence-corrected chi connectivity index (χ0v) is 8.10. The molecule has 0 aliphatic heterocycles. The largest absolute Gasteiger partial charge is 0.452 e. The van der Waals surface area contributed by atoms with E-state index in [9.17, 15) is 0 Å². The molecule has 1 heterocycles. The average Bonchev–Trinajstić information content (AvgIpc) is 2.41.